The van der Waals surface area contributed by atoms with Gasteiger partial charge in [0.1, 0.15) is 5.82 Å². The summed E-state index contributed by atoms with van der Waals surface area (Å²) in [7, 11) is 3.02. The van der Waals surface area contributed by atoms with Gasteiger partial charge in [-0.3, -0.25) is 13.9 Å². The predicted octanol–water partition coefficient (Wildman–Crippen LogP) is 3.57. The minimum Gasteiger partial charge on any atom is -0.309 e. The van der Waals surface area contributed by atoms with E-state index in [4.69, 9.17) is 11.6 Å². The van der Waals surface area contributed by atoms with Crippen molar-refractivity contribution in [2.45, 2.75) is 17.5 Å². The topological polar surface area (TPSA) is 61.8 Å². The Kier molecular flexibility index (Phi) is 5.53. The highest BCUT2D eigenvalue weighted by molar-refractivity contribution is 7.98. The lowest BCUT2D eigenvalue weighted by atomic mass is 10.2. The van der Waals surface area contributed by atoms with Crippen LogP contribution >= 0.6 is 23.4 Å². The fourth-order valence-electron chi connectivity index (χ4n) is 3.25. The van der Waals surface area contributed by atoms with Gasteiger partial charge in [-0.05, 0) is 29.3 Å². The van der Waals surface area contributed by atoms with E-state index in [1.54, 1.807) is 23.7 Å². The van der Waals surface area contributed by atoms with Gasteiger partial charge in [0.15, 0.2) is 16.3 Å². The summed E-state index contributed by atoms with van der Waals surface area (Å²) in [5.41, 5.74) is 1.36. The number of halogens is 2. The van der Waals surface area contributed by atoms with Crippen LogP contribution in [0.4, 0.5) is 4.39 Å². The highest BCUT2D eigenvalue weighted by Crippen LogP contribution is 2.27. The molecule has 0 amide bonds. The van der Waals surface area contributed by atoms with Crippen molar-refractivity contribution in [1.29, 1.82) is 0 Å². The van der Waals surface area contributed by atoms with Gasteiger partial charge < -0.3 is 4.57 Å². The molecule has 0 fully saturated rings. The Morgan fingerprint density at radius 3 is 2.57 bits per heavy atom. The van der Waals surface area contributed by atoms with E-state index in [1.165, 1.54) is 35.5 Å². The van der Waals surface area contributed by atoms with E-state index in [0.29, 0.717) is 33.6 Å². The average molecular weight is 445 g/mol. The van der Waals surface area contributed by atoms with Crippen molar-refractivity contribution in [2.24, 2.45) is 14.1 Å². The van der Waals surface area contributed by atoms with Crippen LogP contribution in [0.1, 0.15) is 11.1 Å². The average Bonchev–Trinajstić information content (AvgIpc) is 3.09. The number of aryl methyl sites for hydroxylation is 1. The molecule has 6 nitrogen and oxygen atoms in total. The number of thioether (sulfide) groups is 1. The summed E-state index contributed by atoms with van der Waals surface area (Å²) < 4.78 is 17.7. The van der Waals surface area contributed by atoms with Crippen LogP contribution in [0.15, 0.2) is 63.3 Å². The van der Waals surface area contributed by atoms with Gasteiger partial charge in [0.25, 0.3) is 5.56 Å². The third-order valence-corrected chi connectivity index (χ3v) is 6.27. The lowest BCUT2D eigenvalue weighted by Gasteiger charge is -2.11. The minimum absolute atomic E-state index is 0.303. The molecule has 30 heavy (non-hydrogen) atoms. The number of benzene rings is 2. The molecule has 0 aliphatic carbocycles. The largest absolute Gasteiger partial charge is 0.332 e. The third-order valence-electron chi connectivity index (χ3n) is 4.86. The predicted molar refractivity (Wildman–Crippen MR) is 117 cm³/mol. The number of rotatable bonds is 5. The number of aromatic nitrogens is 4. The van der Waals surface area contributed by atoms with E-state index in [1.807, 2.05) is 24.3 Å². The Labute approximate surface area is 180 Å². The lowest BCUT2D eigenvalue weighted by molar-refractivity contribution is 0.626. The first-order valence-electron chi connectivity index (χ1n) is 9.13. The van der Waals surface area contributed by atoms with Crippen LogP contribution in [0.5, 0.6) is 0 Å². The van der Waals surface area contributed by atoms with Gasteiger partial charge >= 0.3 is 5.69 Å². The summed E-state index contributed by atoms with van der Waals surface area (Å²) in [6, 6.07) is 13.7. The van der Waals surface area contributed by atoms with Crippen LogP contribution < -0.4 is 11.2 Å². The molecule has 0 bridgehead atoms. The van der Waals surface area contributed by atoms with Gasteiger partial charge in [-0.1, -0.05) is 53.7 Å². The van der Waals surface area contributed by atoms with Crippen molar-refractivity contribution in [3.63, 3.8) is 0 Å². The van der Waals surface area contributed by atoms with Gasteiger partial charge in [0.05, 0.1) is 6.54 Å². The molecule has 0 saturated heterocycles. The lowest BCUT2D eigenvalue weighted by Crippen LogP contribution is -2.37. The van der Waals surface area contributed by atoms with E-state index in [-0.39, 0.29) is 5.82 Å². The number of imidazole rings is 1. The molecule has 4 aromatic rings. The van der Waals surface area contributed by atoms with Crippen molar-refractivity contribution >= 4 is 34.5 Å². The SMILES string of the molecule is Cn1c(=O)c2c(nc(SCc3cccc(F)c3)n2Cc2ccccc2Cl)n(C)c1=O. The van der Waals surface area contributed by atoms with E-state index in [2.05, 4.69) is 4.98 Å². The molecule has 4 rings (SSSR count). The highest BCUT2D eigenvalue weighted by atomic mass is 35.5. The maximum absolute atomic E-state index is 13.5. The second kappa shape index (κ2) is 8.12. The van der Waals surface area contributed by atoms with Crippen LogP contribution in [0.3, 0.4) is 0 Å². The van der Waals surface area contributed by atoms with Crippen molar-refractivity contribution in [1.82, 2.24) is 18.7 Å². The second-order valence-electron chi connectivity index (χ2n) is 6.87. The van der Waals surface area contributed by atoms with Crippen LogP contribution in [0.2, 0.25) is 5.02 Å². The number of hydrogen-bond donors (Lipinski definition) is 0. The molecule has 0 aliphatic heterocycles. The third kappa shape index (κ3) is 3.68. The molecule has 9 heteroatoms. The quantitative estimate of drug-likeness (QED) is 0.441. The summed E-state index contributed by atoms with van der Waals surface area (Å²) in [6.45, 7) is 0.315. The van der Waals surface area contributed by atoms with Crippen LogP contribution in [-0.2, 0) is 26.4 Å². The summed E-state index contributed by atoms with van der Waals surface area (Å²) in [5, 5.41) is 1.12. The second-order valence-corrected chi connectivity index (χ2v) is 8.22. The van der Waals surface area contributed by atoms with Gasteiger partial charge in [-0.15, -0.1) is 0 Å². The monoisotopic (exact) mass is 444 g/mol. The molecule has 0 radical (unpaired) electrons. The normalized spacial score (nSPS) is 11.3. The molecule has 154 valence electrons. The fraction of sp³-hybridized carbons (Fsp3) is 0.190. The van der Waals surface area contributed by atoms with Gasteiger partial charge in [-0.2, -0.15) is 0 Å². The fourth-order valence-corrected chi connectivity index (χ4v) is 4.39. The zero-order valence-electron chi connectivity index (χ0n) is 16.3. The number of hydrogen-bond acceptors (Lipinski definition) is 4. The van der Waals surface area contributed by atoms with Crippen molar-refractivity contribution < 1.29 is 4.39 Å². The maximum Gasteiger partial charge on any atom is 0.332 e. The zero-order valence-corrected chi connectivity index (χ0v) is 17.9. The van der Waals surface area contributed by atoms with Crippen molar-refractivity contribution in [3.05, 3.63) is 91.3 Å². The summed E-state index contributed by atoms with van der Waals surface area (Å²) in [6.07, 6.45) is 0. The molecule has 0 saturated carbocycles. The molecule has 2 heterocycles. The smallest absolute Gasteiger partial charge is 0.309 e. The first-order valence-corrected chi connectivity index (χ1v) is 10.5. The van der Waals surface area contributed by atoms with E-state index >= 15 is 0 Å². The summed E-state index contributed by atoms with van der Waals surface area (Å²) >= 11 is 7.71. The molecule has 0 spiro atoms. The number of fused-ring (bicyclic) bond motifs is 1. The minimum atomic E-state index is -0.448. The zero-order chi connectivity index (χ0) is 21.4. The molecular weight excluding hydrogens is 427 g/mol. The highest BCUT2D eigenvalue weighted by Gasteiger charge is 2.20. The Morgan fingerprint density at radius 1 is 1.07 bits per heavy atom. The van der Waals surface area contributed by atoms with Crippen molar-refractivity contribution in [3.8, 4) is 0 Å². The Balaban J connectivity index is 1.86. The van der Waals surface area contributed by atoms with Gasteiger partial charge in [0.2, 0.25) is 0 Å². The molecule has 0 N–H and O–H groups in total. The van der Waals surface area contributed by atoms with Gasteiger partial charge in [0, 0.05) is 24.9 Å². The van der Waals surface area contributed by atoms with Gasteiger partial charge in [-0.25, -0.2) is 14.2 Å². The molecule has 0 unspecified atom stereocenters. The van der Waals surface area contributed by atoms with Crippen LogP contribution in [-0.4, -0.2) is 18.7 Å². The molecular formula is C21H18ClFN4O2S. The number of nitrogens with zero attached hydrogens (tertiary/aromatic N) is 4. The molecule has 2 aromatic carbocycles. The first kappa shape index (κ1) is 20.4. The summed E-state index contributed by atoms with van der Waals surface area (Å²) in [5.74, 6) is 0.145. The van der Waals surface area contributed by atoms with E-state index in [9.17, 15) is 14.0 Å². The van der Waals surface area contributed by atoms with E-state index < -0.39 is 11.2 Å². The first-order chi connectivity index (χ1) is 14.4. The maximum atomic E-state index is 13.5. The molecule has 0 aliphatic rings. The Bertz CT molecular complexity index is 1380. The van der Waals surface area contributed by atoms with Crippen LogP contribution in [0, 0.1) is 5.82 Å². The molecule has 2 aromatic heterocycles. The Hall–Kier alpha value is -2.84. The molecule has 0 atom stereocenters. The standard InChI is InChI=1S/C21H18ClFN4O2S/c1-25-18-17(19(28)26(2)21(25)29)27(11-14-7-3-4-9-16(14)22)20(24-18)30-12-13-6-5-8-15(23)10-13/h3-10H,11-12H2,1-2H3. The van der Waals surface area contributed by atoms with E-state index in [0.717, 1.165) is 15.7 Å². The van der Waals surface area contributed by atoms with Crippen LogP contribution in [0.25, 0.3) is 11.2 Å². The Morgan fingerprint density at radius 2 is 1.83 bits per heavy atom. The summed E-state index contributed by atoms with van der Waals surface area (Å²) in [4.78, 5) is 29.9. The van der Waals surface area contributed by atoms with Crippen molar-refractivity contribution in [2.75, 3.05) is 0 Å².